The van der Waals surface area contributed by atoms with E-state index in [1.807, 2.05) is 6.92 Å². The van der Waals surface area contributed by atoms with Crippen LogP contribution in [0, 0.1) is 0 Å². The number of nitrogens with zero attached hydrogens (tertiary/aromatic N) is 2. The number of imidazole rings is 1. The SMILES string of the molecule is CCC(NC(=O)OC(C)(C)C)c1nccn1CC(=O)OC. The average Bonchev–Trinajstić information content (AvgIpc) is 2.81. The van der Waals surface area contributed by atoms with Gasteiger partial charge in [0.05, 0.1) is 13.2 Å². The van der Waals surface area contributed by atoms with Crippen LogP contribution >= 0.6 is 0 Å². The molecule has 1 N–H and O–H groups in total. The second-order valence-corrected chi connectivity index (χ2v) is 5.60. The average molecular weight is 297 g/mol. The van der Waals surface area contributed by atoms with Gasteiger partial charge in [0.15, 0.2) is 0 Å². The van der Waals surface area contributed by atoms with Crippen LogP contribution in [0.1, 0.15) is 46.0 Å². The first-order valence-corrected chi connectivity index (χ1v) is 6.84. The molecule has 1 amide bonds. The summed E-state index contributed by atoms with van der Waals surface area (Å²) in [7, 11) is 1.33. The lowest BCUT2D eigenvalue weighted by atomic mass is 10.2. The minimum atomic E-state index is -0.566. The third-order valence-electron chi connectivity index (χ3n) is 2.69. The fourth-order valence-corrected chi connectivity index (χ4v) is 1.77. The molecule has 1 aromatic rings. The van der Waals surface area contributed by atoms with Gasteiger partial charge in [-0.05, 0) is 27.2 Å². The van der Waals surface area contributed by atoms with Gasteiger partial charge < -0.3 is 19.4 Å². The quantitative estimate of drug-likeness (QED) is 0.841. The number of ether oxygens (including phenoxy) is 2. The third-order valence-corrected chi connectivity index (χ3v) is 2.69. The van der Waals surface area contributed by atoms with Gasteiger partial charge in [-0.25, -0.2) is 9.78 Å². The molecule has 7 nitrogen and oxygen atoms in total. The third kappa shape index (κ3) is 5.45. The van der Waals surface area contributed by atoms with E-state index in [2.05, 4.69) is 15.0 Å². The Morgan fingerprint density at radius 2 is 2.10 bits per heavy atom. The van der Waals surface area contributed by atoms with Crippen molar-refractivity contribution in [1.82, 2.24) is 14.9 Å². The zero-order valence-electron chi connectivity index (χ0n) is 13.2. The van der Waals surface area contributed by atoms with Gasteiger partial charge in [0.1, 0.15) is 18.0 Å². The van der Waals surface area contributed by atoms with Crippen LogP contribution in [0.4, 0.5) is 4.79 Å². The number of nitrogens with one attached hydrogen (secondary N) is 1. The predicted molar refractivity (Wildman–Crippen MR) is 76.6 cm³/mol. The summed E-state index contributed by atoms with van der Waals surface area (Å²) in [6, 6.07) is -0.334. The van der Waals surface area contributed by atoms with Crippen LogP contribution in [0.15, 0.2) is 12.4 Å². The maximum absolute atomic E-state index is 11.9. The van der Waals surface area contributed by atoms with Crippen molar-refractivity contribution in [3.8, 4) is 0 Å². The highest BCUT2D eigenvalue weighted by molar-refractivity contribution is 5.69. The largest absolute Gasteiger partial charge is 0.468 e. The number of esters is 1. The highest BCUT2D eigenvalue weighted by atomic mass is 16.6. The lowest BCUT2D eigenvalue weighted by Gasteiger charge is -2.23. The van der Waals surface area contributed by atoms with E-state index in [0.717, 1.165) is 0 Å². The maximum atomic E-state index is 11.9. The second-order valence-electron chi connectivity index (χ2n) is 5.60. The molecule has 1 heterocycles. The van der Waals surface area contributed by atoms with E-state index in [4.69, 9.17) is 4.74 Å². The highest BCUT2D eigenvalue weighted by Crippen LogP contribution is 2.16. The molecule has 1 unspecified atom stereocenters. The maximum Gasteiger partial charge on any atom is 0.408 e. The minimum absolute atomic E-state index is 0.0539. The Bertz CT molecular complexity index is 491. The van der Waals surface area contributed by atoms with Crippen molar-refractivity contribution < 1.29 is 19.1 Å². The number of carbonyl (C=O) groups is 2. The predicted octanol–water partition coefficient (Wildman–Crippen LogP) is 2.03. The Hall–Kier alpha value is -2.05. The van der Waals surface area contributed by atoms with Crippen LogP contribution in [0.3, 0.4) is 0 Å². The number of carbonyl (C=O) groups excluding carboxylic acids is 2. The number of amides is 1. The van der Waals surface area contributed by atoms with Gasteiger partial charge in [0.2, 0.25) is 0 Å². The smallest absolute Gasteiger partial charge is 0.408 e. The summed E-state index contributed by atoms with van der Waals surface area (Å²) in [5.41, 5.74) is -0.566. The van der Waals surface area contributed by atoms with Crippen molar-refractivity contribution in [2.75, 3.05) is 7.11 Å². The number of alkyl carbamates (subject to hydrolysis) is 1. The van der Waals surface area contributed by atoms with Gasteiger partial charge >= 0.3 is 12.1 Å². The Kier molecular flexibility index (Phi) is 5.75. The summed E-state index contributed by atoms with van der Waals surface area (Å²) < 4.78 is 11.5. The zero-order valence-corrected chi connectivity index (χ0v) is 13.2. The fraction of sp³-hybridized carbons (Fsp3) is 0.643. The highest BCUT2D eigenvalue weighted by Gasteiger charge is 2.22. The summed E-state index contributed by atoms with van der Waals surface area (Å²) in [4.78, 5) is 27.4. The second kappa shape index (κ2) is 7.10. The van der Waals surface area contributed by atoms with E-state index in [0.29, 0.717) is 12.2 Å². The summed E-state index contributed by atoms with van der Waals surface area (Å²) in [6.45, 7) is 7.36. The van der Waals surface area contributed by atoms with E-state index in [-0.39, 0.29) is 18.6 Å². The first-order chi connectivity index (χ1) is 9.76. The normalized spacial score (nSPS) is 12.6. The Morgan fingerprint density at radius 3 is 2.62 bits per heavy atom. The van der Waals surface area contributed by atoms with E-state index < -0.39 is 11.7 Å². The molecule has 118 valence electrons. The molecule has 0 aliphatic heterocycles. The van der Waals surface area contributed by atoms with Gasteiger partial charge in [-0.3, -0.25) is 4.79 Å². The van der Waals surface area contributed by atoms with Gasteiger partial charge in [-0.1, -0.05) is 6.92 Å². The van der Waals surface area contributed by atoms with Gasteiger partial charge in [-0.15, -0.1) is 0 Å². The molecule has 0 spiro atoms. The molecule has 0 aromatic carbocycles. The molecule has 0 fully saturated rings. The van der Waals surface area contributed by atoms with Crippen molar-refractivity contribution in [3.63, 3.8) is 0 Å². The monoisotopic (exact) mass is 297 g/mol. The summed E-state index contributed by atoms with van der Waals surface area (Å²) in [5, 5.41) is 2.76. The van der Waals surface area contributed by atoms with Crippen molar-refractivity contribution in [2.24, 2.45) is 0 Å². The molecule has 21 heavy (non-hydrogen) atoms. The minimum Gasteiger partial charge on any atom is -0.468 e. The first-order valence-electron chi connectivity index (χ1n) is 6.84. The van der Waals surface area contributed by atoms with Crippen LogP contribution in [0.2, 0.25) is 0 Å². The van der Waals surface area contributed by atoms with Gasteiger partial charge in [0, 0.05) is 12.4 Å². The standard InChI is InChI=1S/C14H23N3O4/c1-6-10(16-13(19)21-14(2,3)4)12-15-7-8-17(12)9-11(18)20-5/h7-8,10H,6,9H2,1-5H3,(H,16,19). The van der Waals surface area contributed by atoms with E-state index in [1.54, 1.807) is 37.7 Å². The van der Waals surface area contributed by atoms with E-state index in [9.17, 15) is 9.59 Å². The zero-order chi connectivity index (χ0) is 16.0. The molecule has 0 bridgehead atoms. The van der Waals surface area contributed by atoms with Crippen molar-refractivity contribution in [3.05, 3.63) is 18.2 Å². The Balaban J connectivity index is 2.79. The molecule has 0 saturated heterocycles. The van der Waals surface area contributed by atoms with Crippen LogP contribution < -0.4 is 5.32 Å². The molecule has 0 saturated carbocycles. The Morgan fingerprint density at radius 1 is 1.43 bits per heavy atom. The lowest BCUT2D eigenvalue weighted by molar-refractivity contribution is -0.141. The van der Waals surface area contributed by atoms with Gasteiger partial charge in [-0.2, -0.15) is 0 Å². The molecule has 0 aliphatic rings. The Labute approximate surface area is 124 Å². The topological polar surface area (TPSA) is 82.5 Å². The number of aromatic nitrogens is 2. The van der Waals surface area contributed by atoms with Crippen LogP contribution in [-0.2, 0) is 20.8 Å². The lowest BCUT2D eigenvalue weighted by Crippen LogP contribution is -2.36. The molecule has 7 heteroatoms. The molecule has 0 radical (unpaired) electrons. The van der Waals surface area contributed by atoms with Crippen LogP contribution in [-0.4, -0.2) is 34.3 Å². The summed E-state index contributed by atoms with van der Waals surface area (Å²) in [5.74, 6) is 0.218. The molecular weight excluding hydrogens is 274 g/mol. The summed E-state index contributed by atoms with van der Waals surface area (Å²) in [6.07, 6.45) is 3.36. The van der Waals surface area contributed by atoms with E-state index >= 15 is 0 Å². The number of methoxy groups -OCH3 is 1. The number of rotatable bonds is 5. The molecule has 0 aliphatic carbocycles. The van der Waals surface area contributed by atoms with Crippen molar-refractivity contribution in [1.29, 1.82) is 0 Å². The van der Waals surface area contributed by atoms with Gasteiger partial charge in [0.25, 0.3) is 0 Å². The van der Waals surface area contributed by atoms with Crippen LogP contribution in [0.5, 0.6) is 0 Å². The molecule has 1 atom stereocenters. The molecule has 1 rings (SSSR count). The van der Waals surface area contributed by atoms with Crippen LogP contribution in [0.25, 0.3) is 0 Å². The molecular formula is C14H23N3O4. The van der Waals surface area contributed by atoms with E-state index in [1.165, 1.54) is 7.11 Å². The number of hydrogen-bond acceptors (Lipinski definition) is 5. The van der Waals surface area contributed by atoms with Crippen molar-refractivity contribution in [2.45, 2.75) is 52.3 Å². The number of hydrogen-bond donors (Lipinski definition) is 1. The summed E-state index contributed by atoms with van der Waals surface area (Å²) >= 11 is 0. The fourth-order valence-electron chi connectivity index (χ4n) is 1.77. The molecule has 1 aromatic heterocycles. The van der Waals surface area contributed by atoms with Crippen molar-refractivity contribution >= 4 is 12.1 Å². The first kappa shape index (κ1) is 17.0.